The first-order valence-corrected chi connectivity index (χ1v) is 11.2. The number of epoxide rings is 1. The van der Waals surface area contributed by atoms with Gasteiger partial charge in [-0.3, -0.25) is 0 Å². The summed E-state index contributed by atoms with van der Waals surface area (Å²) in [5, 5.41) is 0.257. The number of fused-ring (bicyclic) bond motifs is 1. The molecular formula is C17H30O2Si. The predicted octanol–water partition coefficient (Wildman–Crippen LogP) is 4.87. The van der Waals surface area contributed by atoms with Crippen molar-refractivity contribution < 1.29 is 9.16 Å². The summed E-state index contributed by atoms with van der Waals surface area (Å²) in [5.41, 5.74) is -0.0198. The standard InChI is InChI=1S/C17H30O2Si/c1-16(2,3)20(4,5)19-15-10-13-8-6-7-9-14(13)11-17(15)12-18-17/h10,13-14H,6-9,11-12H2,1-5H3. The summed E-state index contributed by atoms with van der Waals surface area (Å²) in [4.78, 5) is 0. The highest BCUT2D eigenvalue weighted by Crippen LogP contribution is 2.53. The molecule has 0 bridgehead atoms. The average molecular weight is 295 g/mol. The van der Waals surface area contributed by atoms with Crippen LogP contribution in [0.3, 0.4) is 0 Å². The van der Waals surface area contributed by atoms with Gasteiger partial charge in [0, 0.05) is 0 Å². The second-order valence-corrected chi connectivity index (χ2v) is 13.3. The second kappa shape index (κ2) is 4.61. The van der Waals surface area contributed by atoms with Crippen LogP contribution in [-0.4, -0.2) is 20.5 Å². The van der Waals surface area contributed by atoms with Crippen molar-refractivity contribution in [2.24, 2.45) is 11.8 Å². The molecule has 2 aliphatic carbocycles. The summed E-state index contributed by atoms with van der Waals surface area (Å²) in [6.45, 7) is 12.5. The molecule has 3 unspecified atom stereocenters. The zero-order chi connectivity index (χ0) is 14.6. The fourth-order valence-corrected chi connectivity index (χ4v) is 4.59. The van der Waals surface area contributed by atoms with Crippen LogP contribution in [0.5, 0.6) is 0 Å². The molecular weight excluding hydrogens is 264 g/mol. The lowest BCUT2D eigenvalue weighted by atomic mass is 9.70. The molecule has 1 saturated carbocycles. The van der Waals surface area contributed by atoms with Crippen LogP contribution in [0.4, 0.5) is 0 Å². The molecule has 3 aliphatic rings. The van der Waals surface area contributed by atoms with Gasteiger partial charge in [0.05, 0.1) is 6.61 Å². The van der Waals surface area contributed by atoms with E-state index < -0.39 is 8.32 Å². The Morgan fingerprint density at radius 3 is 2.50 bits per heavy atom. The topological polar surface area (TPSA) is 21.8 Å². The Labute approximate surface area is 125 Å². The van der Waals surface area contributed by atoms with Gasteiger partial charge in [0.2, 0.25) is 8.32 Å². The fourth-order valence-electron chi connectivity index (χ4n) is 3.48. The number of rotatable bonds is 2. The van der Waals surface area contributed by atoms with Gasteiger partial charge < -0.3 is 9.16 Å². The van der Waals surface area contributed by atoms with E-state index in [0.717, 1.165) is 18.4 Å². The smallest absolute Gasteiger partial charge is 0.250 e. The first kappa shape index (κ1) is 14.6. The molecule has 0 amide bonds. The van der Waals surface area contributed by atoms with Crippen molar-refractivity contribution in [3.8, 4) is 0 Å². The molecule has 3 heteroatoms. The van der Waals surface area contributed by atoms with E-state index in [1.807, 2.05) is 0 Å². The molecule has 3 atom stereocenters. The molecule has 1 heterocycles. The van der Waals surface area contributed by atoms with Crippen LogP contribution in [0.25, 0.3) is 0 Å². The van der Waals surface area contributed by atoms with Gasteiger partial charge in [0.1, 0.15) is 11.4 Å². The largest absolute Gasteiger partial charge is 0.545 e. The highest BCUT2D eigenvalue weighted by atomic mass is 28.4. The van der Waals surface area contributed by atoms with Crippen molar-refractivity contribution in [2.75, 3.05) is 6.61 Å². The lowest BCUT2D eigenvalue weighted by Crippen LogP contribution is -2.44. The van der Waals surface area contributed by atoms with Crippen LogP contribution in [0.1, 0.15) is 52.9 Å². The van der Waals surface area contributed by atoms with E-state index in [-0.39, 0.29) is 10.6 Å². The summed E-state index contributed by atoms with van der Waals surface area (Å²) in [7, 11) is -1.75. The van der Waals surface area contributed by atoms with Crippen molar-refractivity contribution in [3.63, 3.8) is 0 Å². The Balaban J connectivity index is 1.83. The van der Waals surface area contributed by atoms with Gasteiger partial charge in [-0.25, -0.2) is 0 Å². The summed E-state index contributed by atoms with van der Waals surface area (Å²) < 4.78 is 12.5. The van der Waals surface area contributed by atoms with Crippen molar-refractivity contribution in [1.82, 2.24) is 0 Å². The number of allylic oxidation sites excluding steroid dienone is 1. The van der Waals surface area contributed by atoms with Gasteiger partial charge in [-0.05, 0) is 55.3 Å². The highest BCUT2D eigenvalue weighted by molar-refractivity contribution is 6.74. The Bertz CT molecular complexity index is 415. The first-order chi connectivity index (χ1) is 9.24. The fraction of sp³-hybridized carbons (Fsp3) is 0.882. The van der Waals surface area contributed by atoms with Crippen molar-refractivity contribution >= 4 is 8.32 Å². The normalized spacial score (nSPS) is 37.4. The Kier molecular flexibility index (Phi) is 3.37. The molecule has 114 valence electrons. The lowest BCUT2D eigenvalue weighted by Gasteiger charge is -2.42. The maximum atomic E-state index is 6.64. The Morgan fingerprint density at radius 1 is 1.25 bits per heavy atom. The Morgan fingerprint density at radius 2 is 1.90 bits per heavy atom. The Hall–Kier alpha value is -0.283. The minimum Gasteiger partial charge on any atom is -0.545 e. The minimum atomic E-state index is -1.75. The maximum Gasteiger partial charge on any atom is 0.250 e. The minimum absolute atomic E-state index is 0.0198. The second-order valence-electron chi connectivity index (χ2n) is 8.59. The zero-order valence-electron chi connectivity index (χ0n) is 13.8. The molecule has 0 aromatic carbocycles. The van der Waals surface area contributed by atoms with Gasteiger partial charge in [-0.15, -0.1) is 0 Å². The van der Waals surface area contributed by atoms with Gasteiger partial charge in [0.25, 0.3) is 0 Å². The average Bonchev–Trinajstić information content (AvgIpc) is 3.09. The van der Waals surface area contributed by atoms with E-state index in [4.69, 9.17) is 9.16 Å². The molecule has 1 aliphatic heterocycles. The molecule has 2 fully saturated rings. The predicted molar refractivity (Wildman–Crippen MR) is 85.1 cm³/mol. The summed E-state index contributed by atoms with van der Waals surface area (Å²) >= 11 is 0. The van der Waals surface area contributed by atoms with Gasteiger partial charge in [0.15, 0.2) is 0 Å². The van der Waals surface area contributed by atoms with E-state index in [9.17, 15) is 0 Å². The zero-order valence-corrected chi connectivity index (χ0v) is 14.8. The highest BCUT2D eigenvalue weighted by Gasteiger charge is 2.56. The van der Waals surface area contributed by atoms with Crippen LogP contribution in [0, 0.1) is 11.8 Å². The van der Waals surface area contributed by atoms with E-state index >= 15 is 0 Å². The third-order valence-electron chi connectivity index (χ3n) is 6.04. The van der Waals surface area contributed by atoms with Crippen molar-refractivity contribution in [3.05, 3.63) is 11.8 Å². The monoisotopic (exact) mass is 294 g/mol. The van der Waals surface area contributed by atoms with Gasteiger partial charge in [-0.1, -0.05) is 33.6 Å². The summed E-state index contributed by atoms with van der Waals surface area (Å²) in [5.74, 6) is 2.80. The van der Waals surface area contributed by atoms with E-state index in [2.05, 4.69) is 39.9 Å². The molecule has 2 nitrogen and oxygen atoms in total. The van der Waals surface area contributed by atoms with Crippen molar-refractivity contribution in [2.45, 2.75) is 76.6 Å². The SMILES string of the molecule is CC(C)(C)[Si](C)(C)OC1=CC2CCCCC2CC12CO2. The third-order valence-corrected chi connectivity index (χ3v) is 10.4. The van der Waals surface area contributed by atoms with E-state index in [1.54, 1.807) is 0 Å². The number of hydrogen-bond acceptors (Lipinski definition) is 2. The van der Waals surface area contributed by atoms with Crippen LogP contribution < -0.4 is 0 Å². The van der Waals surface area contributed by atoms with Gasteiger partial charge >= 0.3 is 0 Å². The summed E-state index contributed by atoms with van der Waals surface area (Å²) in [6, 6.07) is 0. The molecule has 0 N–H and O–H groups in total. The lowest BCUT2D eigenvalue weighted by molar-refractivity contribution is 0.147. The van der Waals surface area contributed by atoms with Crippen molar-refractivity contribution in [1.29, 1.82) is 0 Å². The molecule has 0 aromatic heterocycles. The van der Waals surface area contributed by atoms with Crippen LogP contribution in [0.2, 0.25) is 18.1 Å². The molecule has 1 spiro atoms. The van der Waals surface area contributed by atoms with E-state index in [1.165, 1.54) is 37.9 Å². The maximum absolute atomic E-state index is 6.64. The van der Waals surface area contributed by atoms with Gasteiger partial charge in [-0.2, -0.15) is 0 Å². The summed E-state index contributed by atoms with van der Waals surface area (Å²) in [6.07, 6.45) is 9.20. The molecule has 3 rings (SSSR count). The quantitative estimate of drug-likeness (QED) is 0.535. The van der Waals surface area contributed by atoms with Crippen LogP contribution in [0.15, 0.2) is 11.8 Å². The number of hydrogen-bond donors (Lipinski definition) is 0. The van der Waals surface area contributed by atoms with Crippen LogP contribution >= 0.6 is 0 Å². The third kappa shape index (κ3) is 2.48. The first-order valence-electron chi connectivity index (χ1n) is 8.29. The molecule has 20 heavy (non-hydrogen) atoms. The number of ether oxygens (including phenoxy) is 1. The van der Waals surface area contributed by atoms with E-state index in [0.29, 0.717) is 0 Å². The van der Waals surface area contributed by atoms with Crippen LogP contribution in [-0.2, 0) is 9.16 Å². The molecule has 1 saturated heterocycles. The molecule has 0 aromatic rings. The molecule has 0 radical (unpaired) electrons.